The molecule has 0 N–H and O–H groups in total. The standard InChI is InChI=1S/C23H29FN2O4S/c1-4-16(2)26(23(28)15-29-3)13-22(27)25-11-9-21-17(10-12-31-21)19(25)14-30-20-8-6-5-7-18(20)24/h5-8,10,12,16,19H,4,9,11,13-15H2,1-3H3/t16-,19+/m0/s1. The number of fused-ring (bicyclic) bond motifs is 1. The van der Waals surface area contributed by atoms with Crippen LogP contribution in [0.4, 0.5) is 4.39 Å². The Morgan fingerprint density at radius 2 is 2.10 bits per heavy atom. The van der Waals surface area contributed by atoms with Gasteiger partial charge in [0.05, 0.1) is 6.04 Å². The van der Waals surface area contributed by atoms with E-state index in [2.05, 4.69) is 0 Å². The molecule has 168 valence electrons. The van der Waals surface area contributed by atoms with Gasteiger partial charge < -0.3 is 19.3 Å². The number of benzene rings is 1. The van der Waals surface area contributed by atoms with E-state index in [1.54, 1.807) is 39.3 Å². The van der Waals surface area contributed by atoms with Crippen LogP contribution in [-0.4, -0.2) is 61.1 Å². The molecule has 2 aromatic rings. The summed E-state index contributed by atoms with van der Waals surface area (Å²) in [7, 11) is 1.47. The highest BCUT2D eigenvalue weighted by Gasteiger charge is 2.34. The Labute approximate surface area is 186 Å². The summed E-state index contributed by atoms with van der Waals surface area (Å²) < 4.78 is 24.8. The van der Waals surface area contributed by atoms with Crippen LogP contribution in [0.5, 0.6) is 5.75 Å². The van der Waals surface area contributed by atoms with Crippen LogP contribution >= 0.6 is 11.3 Å². The van der Waals surface area contributed by atoms with Gasteiger partial charge in [-0.25, -0.2) is 4.39 Å². The van der Waals surface area contributed by atoms with E-state index in [9.17, 15) is 14.0 Å². The SMILES string of the molecule is CC[C@H](C)N(CC(=O)N1CCc2sccc2[C@H]1COc1ccccc1F)C(=O)COC. The van der Waals surface area contributed by atoms with Gasteiger partial charge in [-0.05, 0) is 48.9 Å². The average Bonchev–Trinajstić information content (AvgIpc) is 3.25. The molecular formula is C23H29FN2O4S. The highest BCUT2D eigenvalue weighted by molar-refractivity contribution is 7.10. The fourth-order valence-corrected chi connectivity index (χ4v) is 4.69. The molecule has 0 aliphatic carbocycles. The monoisotopic (exact) mass is 448 g/mol. The topological polar surface area (TPSA) is 59.1 Å². The molecule has 1 aliphatic heterocycles. The second-order valence-corrected chi connectivity index (χ2v) is 8.61. The van der Waals surface area contributed by atoms with Crippen molar-refractivity contribution in [2.75, 3.05) is 33.4 Å². The number of halogens is 1. The maximum Gasteiger partial charge on any atom is 0.249 e. The molecule has 0 saturated heterocycles. The van der Waals surface area contributed by atoms with Gasteiger partial charge in [-0.3, -0.25) is 9.59 Å². The van der Waals surface area contributed by atoms with Crippen LogP contribution in [0.1, 0.15) is 36.8 Å². The number of hydrogen-bond donors (Lipinski definition) is 0. The van der Waals surface area contributed by atoms with Crippen molar-refractivity contribution in [1.29, 1.82) is 0 Å². The lowest BCUT2D eigenvalue weighted by Gasteiger charge is -2.38. The Kier molecular flexibility index (Phi) is 8.03. The minimum absolute atomic E-state index is 0.0210. The van der Waals surface area contributed by atoms with E-state index in [1.165, 1.54) is 18.1 Å². The van der Waals surface area contributed by atoms with Crippen molar-refractivity contribution in [2.45, 2.75) is 38.8 Å². The molecule has 2 atom stereocenters. The lowest BCUT2D eigenvalue weighted by Crippen LogP contribution is -2.50. The molecule has 1 aliphatic rings. The molecule has 31 heavy (non-hydrogen) atoms. The third-order valence-corrected chi connectivity index (χ3v) is 6.66. The first-order valence-electron chi connectivity index (χ1n) is 10.5. The number of carbonyl (C=O) groups is 2. The fourth-order valence-electron chi connectivity index (χ4n) is 3.76. The molecule has 2 amide bonds. The van der Waals surface area contributed by atoms with E-state index in [0.717, 1.165) is 18.4 Å². The summed E-state index contributed by atoms with van der Waals surface area (Å²) in [6, 6.07) is 7.82. The zero-order valence-electron chi connectivity index (χ0n) is 18.2. The second kappa shape index (κ2) is 10.7. The molecule has 8 heteroatoms. The summed E-state index contributed by atoms with van der Waals surface area (Å²) in [6.45, 7) is 4.49. The van der Waals surface area contributed by atoms with Gasteiger partial charge in [-0.1, -0.05) is 19.1 Å². The number of methoxy groups -OCH3 is 1. The number of rotatable bonds is 9. The van der Waals surface area contributed by atoms with E-state index in [1.807, 2.05) is 25.3 Å². The van der Waals surface area contributed by atoms with Gasteiger partial charge in [0.15, 0.2) is 11.6 Å². The molecule has 0 bridgehead atoms. The molecule has 0 unspecified atom stereocenters. The number of para-hydroxylation sites is 1. The maximum absolute atomic E-state index is 14.0. The van der Waals surface area contributed by atoms with Crippen molar-refractivity contribution in [3.8, 4) is 5.75 Å². The first-order valence-corrected chi connectivity index (χ1v) is 11.4. The second-order valence-electron chi connectivity index (χ2n) is 7.61. The zero-order chi connectivity index (χ0) is 22.4. The quantitative estimate of drug-likeness (QED) is 0.587. The molecule has 0 saturated carbocycles. The minimum Gasteiger partial charge on any atom is -0.488 e. The summed E-state index contributed by atoms with van der Waals surface area (Å²) in [5.41, 5.74) is 1.03. The van der Waals surface area contributed by atoms with E-state index >= 15 is 0 Å². The van der Waals surface area contributed by atoms with Crippen LogP contribution in [0.3, 0.4) is 0 Å². The van der Waals surface area contributed by atoms with Crippen LogP contribution in [-0.2, 0) is 20.7 Å². The third-order valence-electron chi connectivity index (χ3n) is 5.67. The van der Waals surface area contributed by atoms with Gasteiger partial charge in [0.2, 0.25) is 11.8 Å². The van der Waals surface area contributed by atoms with Crippen LogP contribution in [0.2, 0.25) is 0 Å². The summed E-state index contributed by atoms with van der Waals surface area (Å²) in [6.07, 6.45) is 1.49. The largest absolute Gasteiger partial charge is 0.488 e. The van der Waals surface area contributed by atoms with Gasteiger partial charge in [0, 0.05) is 24.6 Å². The molecule has 2 heterocycles. The van der Waals surface area contributed by atoms with Gasteiger partial charge >= 0.3 is 0 Å². The molecule has 0 radical (unpaired) electrons. The number of ether oxygens (including phenoxy) is 2. The predicted molar refractivity (Wildman–Crippen MR) is 118 cm³/mol. The van der Waals surface area contributed by atoms with Crippen molar-refractivity contribution in [3.05, 3.63) is 52.0 Å². The van der Waals surface area contributed by atoms with Crippen LogP contribution < -0.4 is 4.74 Å². The minimum atomic E-state index is -0.435. The highest BCUT2D eigenvalue weighted by atomic mass is 32.1. The molecular weight excluding hydrogens is 419 g/mol. The van der Waals surface area contributed by atoms with Gasteiger partial charge in [-0.15, -0.1) is 11.3 Å². The van der Waals surface area contributed by atoms with E-state index in [0.29, 0.717) is 6.54 Å². The van der Waals surface area contributed by atoms with Crippen LogP contribution in [0, 0.1) is 5.82 Å². The van der Waals surface area contributed by atoms with Crippen molar-refractivity contribution >= 4 is 23.2 Å². The Balaban J connectivity index is 1.79. The summed E-state index contributed by atoms with van der Waals surface area (Å²) in [4.78, 5) is 30.4. The zero-order valence-corrected chi connectivity index (χ0v) is 19.0. The summed E-state index contributed by atoms with van der Waals surface area (Å²) in [5.74, 6) is -0.634. The summed E-state index contributed by atoms with van der Waals surface area (Å²) >= 11 is 1.65. The van der Waals surface area contributed by atoms with E-state index < -0.39 is 5.82 Å². The van der Waals surface area contributed by atoms with Gasteiger partial charge in [-0.2, -0.15) is 0 Å². The van der Waals surface area contributed by atoms with Crippen LogP contribution in [0.25, 0.3) is 0 Å². The van der Waals surface area contributed by atoms with Gasteiger partial charge in [0.1, 0.15) is 19.8 Å². The van der Waals surface area contributed by atoms with Crippen molar-refractivity contribution < 1.29 is 23.5 Å². The van der Waals surface area contributed by atoms with E-state index in [4.69, 9.17) is 9.47 Å². The smallest absolute Gasteiger partial charge is 0.249 e. The predicted octanol–water partition coefficient (Wildman–Crippen LogP) is 3.67. The molecule has 0 fully saturated rings. The first-order chi connectivity index (χ1) is 15.0. The Hall–Kier alpha value is -2.45. The molecule has 3 rings (SSSR count). The first kappa shape index (κ1) is 23.2. The average molecular weight is 449 g/mol. The number of amides is 2. The van der Waals surface area contributed by atoms with E-state index in [-0.39, 0.29) is 49.4 Å². The number of hydrogen-bond acceptors (Lipinski definition) is 5. The summed E-state index contributed by atoms with van der Waals surface area (Å²) in [5, 5.41) is 2.00. The molecule has 0 spiro atoms. The lowest BCUT2D eigenvalue weighted by atomic mass is 10.00. The number of nitrogens with zero attached hydrogens (tertiary/aromatic N) is 2. The Morgan fingerprint density at radius 1 is 1.32 bits per heavy atom. The van der Waals surface area contributed by atoms with Crippen molar-refractivity contribution in [2.24, 2.45) is 0 Å². The molecule has 1 aromatic heterocycles. The normalized spacial score (nSPS) is 16.5. The van der Waals surface area contributed by atoms with Crippen molar-refractivity contribution in [3.63, 3.8) is 0 Å². The van der Waals surface area contributed by atoms with Gasteiger partial charge in [0.25, 0.3) is 0 Å². The third kappa shape index (κ3) is 5.43. The van der Waals surface area contributed by atoms with Crippen molar-refractivity contribution in [1.82, 2.24) is 9.80 Å². The maximum atomic E-state index is 14.0. The Bertz CT molecular complexity index is 903. The molecule has 6 nitrogen and oxygen atoms in total. The lowest BCUT2D eigenvalue weighted by molar-refractivity contribution is -0.146. The molecule has 1 aromatic carbocycles. The number of thiophene rings is 1. The van der Waals surface area contributed by atoms with Crippen LogP contribution in [0.15, 0.2) is 35.7 Å². The number of carbonyl (C=O) groups excluding carboxylic acids is 2. The fraction of sp³-hybridized carbons (Fsp3) is 0.478. The Morgan fingerprint density at radius 3 is 2.81 bits per heavy atom. The highest BCUT2D eigenvalue weighted by Crippen LogP contribution is 2.34.